The number of carbonyl (C=O) groups is 3. The minimum absolute atomic E-state index is 0.0195. The average molecular weight is 458 g/mol. The van der Waals surface area contributed by atoms with E-state index in [1.807, 2.05) is 5.32 Å². The predicted octanol–water partition coefficient (Wildman–Crippen LogP) is 3.19. The largest absolute Gasteiger partial charge is 0.425 e. The summed E-state index contributed by atoms with van der Waals surface area (Å²) in [6.45, 7) is 3.29. The first-order valence-corrected chi connectivity index (χ1v) is 10.2. The van der Waals surface area contributed by atoms with Gasteiger partial charge in [0.05, 0.1) is 17.7 Å². The minimum Gasteiger partial charge on any atom is -0.326 e. The fourth-order valence-corrected chi connectivity index (χ4v) is 4.41. The number of alkyl halides is 3. The van der Waals surface area contributed by atoms with E-state index in [0.717, 1.165) is 11.1 Å². The highest BCUT2D eigenvalue weighted by atomic mass is 19.4. The van der Waals surface area contributed by atoms with Crippen LogP contribution in [0.3, 0.4) is 0 Å². The first kappa shape index (κ1) is 22.6. The fourth-order valence-electron chi connectivity index (χ4n) is 4.41. The molecule has 1 atom stereocenters. The van der Waals surface area contributed by atoms with Crippen molar-refractivity contribution in [2.75, 3.05) is 0 Å². The van der Waals surface area contributed by atoms with Crippen molar-refractivity contribution in [1.29, 1.82) is 0 Å². The Morgan fingerprint density at radius 1 is 1.09 bits per heavy atom. The number of rotatable bonds is 4. The van der Waals surface area contributed by atoms with Gasteiger partial charge in [0.2, 0.25) is 5.54 Å². The maximum atomic E-state index is 14.7. The SMILES string of the molecule is CC1(C)CC(=O)C2=C(C1)N(Cc1cccnc1)C(=O)[C@@]2(NC(=O)c1cccnc1)C(F)(F)F. The zero-order chi connectivity index (χ0) is 24.0. The summed E-state index contributed by atoms with van der Waals surface area (Å²) in [5, 5.41) is 1.88. The van der Waals surface area contributed by atoms with E-state index in [-0.39, 0.29) is 30.6 Å². The van der Waals surface area contributed by atoms with E-state index < -0.39 is 40.3 Å². The fraction of sp³-hybridized carbons (Fsp3) is 0.348. The van der Waals surface area contributed by atoms with Crippen molar-refractivity contribution in [2.45, 2.75) is 44.9 Å². The zero-order valence-electron chi connectivity index (χ0n) is 17.9. The van der Waals surface area contributed by atoms with Crippen molar-refractivity contribution in [2.24, 2.45) is 5.41 Å². The van der Waals surface area contributed by atoms with Gasteiger partial charge in [0.25, 0.3) is 11.8 Å². The number of hydrogen-bond donors (Lipinski definition) is 1. The van der Waals surface area contributed by atoms with Crippen LogP contribution in [-0.2, 0) is 16.1 Å². The molecule has 0 unspecified atom stereocenters. The molecule has 0 fully saturated rings. The Bertz CT molecular complexity index is 1150. The van der Waals surface area contributed by atoms with Gasteiger partial charge < -0.3 is 10.2 Å². The molecule has 4 rings (SSSR count). The van der Waals surface area contributed by atoms with Crippen LogP contribution in [0.15, 0.2) is 60.3 Å². The lowest BCUT2D eigenvalue weighted by Gasteiger charge is -2.35. The molecule has 33 heavy (non-hydrogen) atoms. The van der Waals surface area contributed by atoms with Gasteiger partial charge in [0.15, 0.2) is 5.78 Å². The standard InChI is InChI=1S/C23H21F3N4O3/c1-21(2)9-16-18(17(31)10-21)22(23(24,25)26,29-19(32)15-6-4-8-28-12-15)20(33)30(16)13-14-5-3-7-27-11-14/h3-8,11-12H,9-10,13H2,1-2H3,(H,29,32)/t22-/m1/s1. The Morgan fingerprint density at radius 2 is 1.76 bits per heavy atom. The Balaban J connectivity index is 1.88. The smallest absolute Gasteiger partial charge is 0.326 e. The van der Waals surface area contributed by atoms with E-state index in [2.05, 4.69) is 9.97 Å². The molecule has 0 spiro atoms. The second-order valence-corrected chi connectivity index (χ2v) is 8.96. The van der Waals surface area contributed by atoms with Crippen LogP contribution in [0.4, 0.5) is 13.2 Å². The Hall–Kier alpha value is -3.56. The third-order valence-corrected chi connectivity index (χ3v) is 5.83. The number of ketones is 1. The molecule has 0 radical (unpaired) electrons. The van der Waals surface area contributed by atoms with E-state index in [1.54, 1.807) is 26.0 Å². The molecular weight excluding hydrogens is 437 g/mol. The van der Waals surface area contributed by atoms with Crippen LogP contribution in [0.5, 0.6) is 0 Å². The van der Waals surface area contributed by atoms with Crippen LogP contribution in [0.1, 0.15) is 42.6 Å². The molecule has 1 aliphatic carbocycles. The third kappa shape index (κ3) is 3.79. The number of halogens is 3. The molecule has 1 aliphatic heterocycles. The summed E-state index contributed by atoms with van der Waals surface area (Å²) in [7, 11) is 0. The number of amides is 2. The van der Waals surface area contributed by atoms with E-state index in [9.17, 15) is 27.6 Å². The molecule has 2 aromatic heterocycles. The van der Waals surface area contributed by atoms with E-state index in [0.29, 0.717) is 5.56 Å². The number of allylic oxidation sites excluding steroid dienone is 1. The first-order chi connectivity index (χ1) is 15.5. The molecule has 0 saturated carbocycles. The van der Waals surface area contributed by atoms with E-state index in [4.69, 9.17) is 0 Å². The van der Waals surface area contributed by atoms with Crippen LogP contribution < -0.4 is 5.32 Å². The molecular formula is C23H21F3N4O3. The van der Waals surface area contributed by atoms with Gasteiger partial charge in [-0.1, -0.05) is 19.9 Å². The Morgan fingerprint density at radius 3 is 2.33 bits per heavy atom. The summed E-state index contributed by atoms with van der Waals surface area (Å²) in [5.41, 5.74) is -4.53. The van der Waals surface area contributed by atoms with Crippen LogP contribution in [-0.4, -0.2) is 44.2 Å². The number of nitrogens with zero attached hydrogens (tertiary/aromatic N) is 3. The van der Waals surface area contributed by atoms with Gasteiger partial charge in [-0.2, -0.15) is 13.2 Å². The van der Waals surface area contributed by atoms with Gasteiger partial charge in [0, 0.05) is 36.9 Å². The van der Waals surface area contributed by atoms with Crippen LogP contribution in [0.2, 0.25) is 0 Å². The summed E-state index contributed by atoms with van der Waals surface area (Å²) < 4.78 is 44.1. The molecule has 3 heterocycles. The Kier molecular flexibility index (Phi) is 5.34. The lowest BCUT2D eigenvalue weighted by Crippen LogP contribution is -2.66. The highest BCUT2D eigenvalue weighted by Crippen LogP contribution is 2.52. The van der Waals surface area contributed by atoms with Gasteiger partial charge in [-0.25, -0.2) is 0 Å². The highest BCUT2D eigenvalue weighted by Gasteiger charge is 2.71. The molecule has 2 aliphatic rings. The summed E-state index contributed by atoms with van der Waals surface area (Å²) in [4.78, 5) is 48.1. The normalized spacial score (nSPS) is 22.4. The Labute approximate surface area is 187 Å². The monoisotopic (exact) mass is 458 g/mol. The van der Waals surface area contributed by atoms with Crippen molar-refractivity contribution in [3.8, 4) is 0 Å². The number of Topliss-reactive ketones (excluding diaryl/α,β-unsaturated/α-hetero) is 1. The van der Waals surface area contributed by atoms with Crippen molar-refractivity contribution in [3.05, 3.63) is 71.4 Å². The highest BCUT2D eigenvalue weighted by molar-refractivity contribution is 6.14. The number of nitrogens with one attached hydrogen (secondary N) is 1. The first-order valence-electron chi connectivity index (χ1n) is 10.2. The summed E-state index contributed by atoms with van der Waals surface area (Å²) in [6, 6.07) is 5.89. The number of hydrogen-bond acceptors (Lipinski definition) is 5. The lowest BCUT2D eigenvalue weighted by molar-refractivity contribution is -0.190. The molecule has 1 N–H and O–H groups in total. The summed E-state index contributed by atoms with van der Waals surface area (Å²) in [6.07, 6.45) is 0.0182. The molecule has 7 nitrogen and oxygen atoms in total. The van der Waals surface area contributed by atoms with Gasteiger partial charge in [-0.15, -0.1) is 0 Å². The molecule has 172 valence electrons. The molecule has 0 aromatic carbocycles. The number of aromatic nitrogens is 2. The van der Waals surface area contributed by atoms with Crippen molar-refractivity contribution in [1.82, 2.24) is 20.2 Å². The molecule has 2 aromatic rings. The zero-order valence-corrected chi connectivity index (χ0v) is 17.9. The van der Waals surface area contributed by atoms with Gasteiger partial charge in [0.1, 0.15) is 0 Å². The van der Waals surface area contributed by atoms with E-state index in [1.165, 1.54) is 30.7 Å². The third-order valence-electron chi connectivity index (χ3n) is 5.83. The maximum absolute atomic E-state index is 14.7. The molecule has 2 amide bonds. The van der Waals surface area contributed by atoms with Gasteiger partial charge in [-0.3, -0.25) is 24.4 Å². The van der Waals surface area contributed by atoms with Gasteiger partial charge in [-0.05, 0) is 35.6 Å². The topological polar surface area (TPSA) is 92.3 Å². The van der Waals surface area contributed by atoms with Crippen molar-refractivity contribution >= 4 is 17.6 Å². The average Bonchev–Trinajstić information content (AvgIpc) is 2.97. The molecule has 10 heteroatoms. The lowest BCUT2D eigenvalue weighted by atomic mass is 9.72. The molecule has 0 bridgehead atoms. The molecule has 0 saturated heterocycles. The second-order valence-electron chi connectivity index (χ2n) is 8.96. The van der Waals surface area contributed by atoms with Crippen LogP contribution >= 0.6 is 0 Å². The summed E-state index contributed by atoms with van der Waals surface area (Å²) >= 11 is 0. The van der Waals surface area contributed by atoms with E-state index >= 15 is 0 Å². The minimum atomic E-state index is -5.26. The second kappa shape index (κ2) is 7.79. The summed E-state index contributed by atoms with van der Waals surface area (Å²) in [5.74, 6) is -3.37. The van der Waals surface area contributed by atoms with Crippen molar-refractivity contribution in [3.63, 3.8) is 0 Å². The number of pyridine rings is 2. The number of carbonyl (C=O) groups excluding carboxylic acids is 3. The maximum Gasteiger partial charge on any atom is 0.425 e. The van der Waals surface area contributed by atoms with Gasteiger partial charge >= 0.3 is 6.18 Å². The van der Waals surface area contributed by atoms with Crippen molar-refractivity contribution < 1.29 is 27.6 Å². The quantitative estimate of drug-likeness (QED) is 0.760. The van der Waals surface area contributed by atoms with Crippen LogP contribution in [0.25, 0.3) is 0 Å². The van der Waals surface area contributed by atoms with Crippen LogP contribution in [0, 0.1) is 5.41 Å². The predicted molar refractivity (Wildman–Crippen MR) is 110 cm³/mol.